The lowest BCUT2D eigenvalue weighted by atomic mass is 10.3. The zero-order chi connectivity index (χ0) is 19.8. The summed E-state index contributed by atoms with van der Waals surface area (Å²) in [5.74, 6) is 0.893. The molecule has 1 atom stereocenters. The smallest absolute Gasteiger partial charge is 0.194 e. The highest BCUT2D eigenvalue weighted by atomic mass is 127. The molecule has 1 heterocycles. The summed E-state index contributed by atoms with van der Waals surface area (Å²) in [6.07, 6.45) is 1.24. The highest BCUT2D eigenvalue weighted by Crippen LogP contribution is 2.15. The summed E-state index contributed by atoms with van der Waals surface area (Å²) in [5, 5.41) is 13.4. The van der Waals surface area contributed by atoms with E-state index in [9.17, 15) is 9.50 Å². The van der Waals surface area contributed by atoms with Gasteiger partial charge in [0, 0.05) is 37.0 Å². The van der Waals surface area contributed by atoms with Crippen molar-refractivity contribution in [2.24, 2.45) is 12.0 Å². The Kier molecular flexibility index (Phi) is 10.8. The second-order valence-corrected chi connectivity index (χ2v) is 7.15. The van der Waals surface area contributed by atoms with Crippen molar-refractivity contribution in [3.8, 4) is 5.75 Å². The highest BCUT2D eigenvalue weighted by molar-refractivity contribution is 14.0. The van der Waals surface area contributed by atoms with Gasteiger partial charge in [-0.3, -0.25) is 4.99 Å². The Morgan fingerprint density at radius 3 is 2.64 bits per heavy atom. The van der Waals surface area contributed by atoms with Crippen LogP contribution >= 0.6 is 39.9 Å². The number of rotatable bonds is 8. The normalized spacial score (nSPS) is 12.3. The van der Waals surface area contributed by atoms with E-state index in [0.717, 1.165) is 16.7 Å². The number of guanidine groups is 1. The van der Waals surface area contributed by atoms with E-state index in [1.807, 2.05) is 32.1 Å². The standard InChI is InChI=1S/C19H26BrFN4O2.HI/c1-4-22-19(25(3)12-16-9-14(20)11-24(16)2)23-10-17(26)13-27-18-7-5-15(21)6-8-18;/h5-9,11,17,26H,4,10,12-13H2,1-3H3,(H,22,23);1H. The largest absolute Gasteiger partial charge is 0.491 e. The van der Waals surface area contributed by atoms with Crippen molar-refractivity contribution in [1.82, 2.24) is 14.8 Å². The fourth-order valence-corrected chi connectivity index (χ4v) is 3.05. The van der Waals surface area contributed by atoms with Gasteiger partial charge in [0.05, 0.1) is 13.1 Å². The molecule has 0 saturated carbocycles. The quantitative estimate of drug-likeness (QED) is 0.291. The summed E-state index contributed by atoms with van der Waals surface area (Å²) in [6, 6.07) is 7.76. The molecule has 0 fully saturated rings. The fraction of sp³-hybridized carbons (Fsp3) is 0.421. The van der Waals surface area contributed by atoms with Gasteiger partial charge >= 0.3 is 0 Å². The number of ether oxygens (including phenoxy) is 1. The summed E-state index contributed by atoms with van der Waals surface area (Å²) in [6.45, 7) is 3.68. The van der Waals surface area contributed by atoms with Gasteiger partial charge in [-0.25, -0.2) is 4.39 Å². The van der Waals surface area contributed by atoms with E-state index in [1.54, 1.807) is 0 Å². The minimum atomic E-state index is -0.763. The van der Waals surface area contributed by atoms with Gasteiger partial charge in [0.15, 0.2) is 5.96 Å². The molecule has 0 spiro atoms. The predicted molar refractivity (Wildman–Crippen MR) is 124 cm³/mol. The molecule has 2 aromatic rings. The van der Waals surface area contributed by atoms with Crippen LogP contribution in [0.2, 0.25) is 0 Å². The summed E-state index contributed by atoms with van der Waals surface area (Å²) < 4.78 is 21.4. The Labute approximate surface area is 190 Å². The number of benzene rings is 1. The molecule has 2 N–H and O–H groups in total. The number of aliphatic hydroxyl groups excluding tert-OH is 1. The summed E-state index contributed by atoms with van der Waals surface area (Å²) in [5.41, 5.74) is 1.13. The van der Waals surface area contributed by atoms with Gasteiger partial charge in [-0.1, -0.05) is 0 Å². The van der Waals surface area contributed by atoms with Crippen LogP contribution in [-0.2, 0) is 13.6 Å². The van der Waals surface area contributed by atoms with Gasteiger partial charge in [0.25, 0.3) is 0 Å². The van der Waals surface area contributed by atoms with Gasteiger partial charge in [0.1, 0.15) is 24.3 Å². The monoisotopic (exact) mass is 568 g/mol. The minimum Gasteiger partial charge on any atom is -0.491 e. The zero-order valence-corrected chi connectivity index (χ0v) is 20.1. The molecule has 6 nitrogen and oxygen atoms in total. The Morgan fingerprint density at radius 1 is 1.39 bits per heavy atom. The molecule has 156 valence electrons. The lowest BCUT2D eigenvalue weighted by Crippen LogP contribution is -2.39. The lowest BCUT2D eigenvalue weighted by Gasteiger charge is -2.23. The number of hydrogen-bond donors (Lipinski definition) is 2. The third-order valence-corrected chi connectivity index (χ3v) is 4.31. The summed E-state index contributed by atoms with van der Waals surface area (Å²) in [7, 11) is 3.94. The number of aryl methyl sites for hydroxylation is 1. The van der Waals surface area contributed by atoms with Crippen molar-refractivity contribution >= 4 is 45.9 Å². The van der Waals surface area contributed by atoms with Crippen molar-refractivity contribution in [3.63, 3.8) is 0 Å². The van der Waals surface area contributed by atoms with Crippen LogP contribution in [0.15, 0.2) is 46.0 Å². The topological polar surface area (TPSA) is 62.0 Å². The second kappa shape index (κ2) is 12.3. The number of hydrogen-bond acceptors (Lipinski definition) is 3. The van der Waals surface area contributed by atoms with Gasteiger partial charge in [-0.15, -0.1) is 24.0 Å². The number of aliphatic imine (C=N–C) groups is 1. The molecule has 0 bridgehead atoms. The van der Waals surface area contributed by atoms with Crippen molar-refractivity contribution in [3.05, 3.63) is 52.5 Å². The van der Waals surface area contributed by atoms with E-state index < -0.39 is 6.10 Å². The molecule has 0 saturated heterocycles. The van der Waals surface area contributed by atoms with E-state index in [4.69, 9.17) is 4.74 Å². The van der Waals surface area contributed by atoms with Gasteiger partial charge < -0.3 is 24.6 Å². The number of nitrogens with zero attached hydrogens (tertiary/aromatic N) is 3. The van der Waals surface area contributed by atoms with Crippen molar-refractivity contribution in [1.29, 1.82) is 0 Å². The molecule has 0 aliphatic carbocycles. The van der Waals surface area contributed by atoms with Crippen molar-refractivity contribution in [2.75, 3.05) is 26.7 Å². The van der Waals surface area contributed by atoms with Gasteiger partial charge in [-0.2, -0.15) is 0 Å². The van der Waals surface area contributed by atoms with Gasteiger partial charge in [-0.05, 0) is 53.2 Å². The number of aromatic nitrogens is 1. The summed E-state index contributed by atoms with van der Waals surface area (Å²) in [4.78, 5) is 6.49. The molecule has 1 unspecified atom stereocenters. The van der Waals surface area contributed by atoms with Crippen LogP contribution in [0.4, 0.5) is 4.39 Å². The average Bonchev–Trinajstić information content (AvgIpc) is 2.95. The maximum absolute atomic E-state index is 12.9. The second-order valence-electron chi connectivity index (χ2n) is 6.23. The molecule has 1 aromatic carbocycles. The van der Waals surface area contributed by atoms with E-state index in [1.165, 1.54) is 24.3 Å². The predicted octanol–water partition coefficient (Wildman–Crippen LogP) is 3.38. The van der Waals surface area contributed by atoms with Crippen LogP contribution in [0.1, 0.15) is 12.6 Å². The third kappa shape index (κ3) is 7.96. The molecule has 0 aliphatic rings. The minimum absolute atomic E-state index is 0. The maximum Gasteiger partial charge on any atom is 0.194 e. The Bertz CT molecular complexity index is 755. The van der Waals surface area contributed by atoms with Crippen molar-refractivity contribution in [2.45, 2.75) is 19.6 Å². The highest BCUT2D eigenvalue weighted by Gasteiger charge is 2.11. The van der Waals surface area contributed by atoms with E-state index in [2.05, 4.69) is 36.9 Å². The average molecular weight is 569 g/mol. The first-order valence-electron chi connectivity index (χ1n) is 8.75. The third-order valence-electron chi connectivity index (χ3n) is 3.88. The fourth-order valence-electron chi connectivity index (χ4n) is 2.48. The zero-order valence-electron chi connectivity index (χ0n) is 16.2. The Morgan fingerprint density at radius 2 is 2.07 bits per heavy atom. The van der Waals surface area contributed by atoms with Crippen LogP contribution in [0, 0.1) is 5.82 Å². The van der Waals surface area contributed by atoms with Crippen LogP contribution in [-0.4, -0.2) is 53.4 Å². The van der Waals surface area contributed by atoms with Crippen LogP contribution in [0.25, 0.3) is 0 Å². The SMILES string of the molecule is CCNC(=NCC(O)COc1ccc(F)cc1)N(C)Cc1cc(Br)cn1C.I. The first-order valence-corrected chi connectivity index (χ1v) is 9.55. The first kappa shape index (κ1) is 24.7. The van der Waals surface area contributed by atoms with Crippen LogP contribution < -0.4 is 10.1 Å². The Hall–Kier alpha value is -1.33. The molecular weight excluding hydrogens is 542 g/mol. The molecular formula is C19H27BrFIN4O2. The maximum atomic E-state index is 12.9. The lowest BCUT2D eigenvalue weighted by molar-refractivity contribution is 0.114. The summed E-state index contributed by atoms with van der Waals surface area (Å²) >= 11 is 3.48. The van der Waals surface area contributed by atoms with E-state index in [0.29, 0.717) is 18.3 Å². The van der Waals surface area contributed by atoms with Gasteiger partial charge in [0.2, 0.25) is 0 Å². The number of halogens is 3. The molecule has 1 aromatic heterocycles. The first-order chi connectivity index (χ1) is 12.9. The molecule has 9 heteroatoms. The molecule has 2 rings (SSSR count). The molecule has 28 heavy (non-hydrogen) atoms. The molecule has 0 radical (unpaired) electrons. The number of aliphatic hydroxyl groups is 1. The van der Waals surface area contributed by atoms with E-state index in [-0.39, 0.29) is 42.9 Å². The van der Waals surface area contributed by atoms with Crippen LogP contribution in [0.5, 0.6) is 5.75 Å². The van der Waals surface area contributed by atoms with Crippen LogP contribution in [0.3, 0.4) is 0 Å². The number of nitrogens with one attached hydrogen (secondary N) is 1. The Balaban J connectivity index is 0.00000392. The molecule has 0 aliphatic heterocycles. The van der Waals surface area contributed by atoms with E-state index >= 15 is 0 Å². The molecule has 0 amide bonds. The van der Waals surface area contributed by atoms with Crippen molar-refractivity contribution < 1.29 is 14.2 Å².